The highest BCUT2D eigenvalue weighted by molar-refractivity contribution is 7.89. The standard InChI is InChI=1S/C24H22N4O3S/c1-28(19-5-6-19)32(30,31)20-7-2-15(3-8-20)18-13-22(23(25)27-14-18)16-4-9-21-17(12-16)10-11-26-24(21)29/h2-4,7-14,19H,5-6H2,1H3,(H2,25,27)(H,26,29). The van der Waals surface area contributed by atoms with Gasteiger partial charge in [0, 0.05) is 42.0 Å². The molecule has 0 unspecified atom stereocenters. The van der Waals surface area contributed by atoms with Crippen molar-refractivity contribution in [2.24, 2.45) is 0 Å². The maximum absolute atomic E-state index is 12.7. The summed E-state index contributed by atoms with van der Waals surface area (Å²) in [5, 5.41) is 1.41. The maximum Gasteiger partial charge on any atom is 0.255 e. The van der Waals surface area contributed by atoms with Crippen molar-refractivity contribution in [1.29, 1.82) is 0 Å². The minimum absolute atomic E-state index is 0.112. The number of H-pyrrole nitrogens is 1. The Kier molecular flexibility index (Phi) is 4.83. The molecule has 2 aromatic heterocycles. The van der Waals surface area contributed by atoms with Gasteiger partial charge in [-0.15, -0.1) is 0 Å². The molecule has 0 amide bonds. The van der Waals surface area contributed by atoms with E-state index in [1.54, 1.807) is 49.8 Å². The van der Waals surface area contributed by atoms with Crippen LogP contribution in [-0.2, 0) is 10.0 Å². The lowest BCUT2D eigenvalue weighted by molar-refractivity contribution is 0.464. The quantitative estimate of drug-likeness (QED) is 0.487. The highest BCUT2D eigenvalue weighted by atomic mass is 32.2. The Bertz CT molecular complexity index is 1490. The van der Waals surface area contributed by atoms with Gasteiger partial charge in [0.2, 0.25) is 10.0 Å². The molecule has 162 valence electrons. The number of hydrogen-bond donors (Lipinski definition) is 2. The van der Waals surface area contributed by atoms with Crippen LogP contribution in [0.2, 0.25) is 0 Å². The average Bonchev–Trinajstić information content (AvgIpc) is 3.64. The van der Waals surface area contributed by atoms with Crippen molar-refractivity contribution in [2.75, 3.05) is 12.8 Å². The zero-order chi connectivity index (χ0) is 22.5. The second-order valence-electron chi connectivity index (χ2n) is 8.04. The first kappa shape index (κ1) is 20.4. The molecule has 2 heterocycles. The average molecular weight is 447 g/mol. The second-order valence-corrected chi connectivity index (χ2v) is 10.0. The fraction of sp³-hybridized carbons (Fsp3) is 0.167. The lowest BCUT2D eigenvalue weighted by Crippen LogP contribution is -2.28. The summed E-state index contributed by atoms with van der Waals surface area (Å²) in [5.74, 6) is 0.378. The van der Waals surface area contributed by atoms with Crippen LogP contribution in [0.15, 0.2) is 76.7 Å². The number of aromatic amines is 1. The van der Waals surface area contributed by atoms with Crippen LogP contribution < -0.4 is 11.3 Å². The molecule has 1 aliphatic rings. The molecular formula is C24H22N4O3S. The van der Waals surface area contributed by atoms with Crippen molar-refractivity contribution in [3.05, 3.63) is 77.3 Å². The van der Waals surface area contributed by atoms with Crippen LogP contribution in [0.1, 0.15) is 12.8 Å². The molecule has 32 heavy (non-hydrogen) atoms. The van der Waals surface area contributed by atoms with E-state index in [9.17, 15) is 13.2 Å². The van der Waals surface area contributed by atoms with Gasteiger partial charge < -0.3 is 10.7 Å². The van der Waals surface area contributed by atoms with Gasteiger partial charge in [-0.1, -0.05) is 18.2 Å². The molecule has 0 bridgehead atoms. The van der Waals surface area contributed by atoms with Gasteiger partial charge in [-0.2, -0.15) is 4.31 Å². The first-order valence-electron chi connectivity index (χ1n) is 10.3. The van der Waals surface area contributed by atoms with Crippen LogP contribution in [0.25, 0.3) is 33.0 Å². The molecule has 1 fully saturated rings. The van der Waals surface area contributed by atoms with Gasteiger partial charge in [-0.3, -0.25) is 4.79 Å². The molecule has 1 saturated carbocycles. The van der Waals surface area contributed by atoms with Gasteiger partial charge >= 0.3 is 0 Å². The van der Waals surface area contributed by atoms with Crippen LogP contribution in [0.5, 0.6) is 0 Å². The number of sulfonamides is 1. The van der Waals surface area contributed by atoms with E-state index in [4.69, 9.17) is 5.73 Å². The van der Waals surface area contributed by atoms with E-state index < -0.39 is 10.0 Å². The smallest absolute Gasteiger partial charge is 0.255 e. The van der Waals surface area contributed by atoms with Crippen LogP contribution in [-0.4, -0.2) is 35.8 Å². The number of pyridine rings is 2. The number of fused-ring (bicyclic) bond motifs is 1. The van der Waals surface area contributed by atoms with E-state index >= 15 is 0 Å². The predicted octanol–water partition coefficient (Wildman–Crippen LogP) is 3.62. The molecule has 8 heteroatoms. The summed E-state index contributed by atoms with van der Waals surface area (Å²) >= 11 is 0. The van der Waals surface area contributed by atoms with E-state index in [1.807, 2.05) is 24.3 Å². The lowest BCUT2D eigenvalue weighted by Gasteiger charge is -2.16. The zero-order valence-electron chi connectivity index (χ0n) is 17.4. The minimum Gasteiger partial charge on any atom is -0.383 e. The summed E-state index contributed by atoms with van der Waals surface area (Å²) in [6.45, 7) is 0. The minimum atomic E-state index is -3.49. The largest absolute Gasteiger partial charge is 0.383 e. The Morgan fingerprint density at radius 3 is 2.44 bits per heavy atom. The highest BCUT2D eigenvalue weighted by Crippen LogP contribution is 2.33. The van der Waals surface area contributed by atoms with Crippen molar-refractivity contribution in [2.45, 2.75) is 23.8 Å². The Hall–Kier alpha value is -3.49. The van der Waals surface area contributed by atoms with Gasteiger partial charge in [-0.05, 0) is 65.8 Å². The second kappa shape index (κ2) is 7.58. The molecular weight excluding hydrogens is 424 g/mol. The molecule has 7 nitrogen and oxygen atoms in total. The van der Waals surface area contributed by atoms with Crippen LogP contribution >= 0.6 is 0 Å². The molecule has 5 rings (SSSR count). The zero-order valence-corrected chi connectivity index (χ0v) is 18.3. The lowest BCUT2D eigenvalue weighted by atomic mass is 9.99. The van der Waals surface area contributed by atoms with Gasteiger partial charge in [0.25, 0.3) is 5.56 Å². The van der Waals surface area contributed by atoms with Crippen molar-refractivity contribution in [3.63, 3.8) is 0 Å². The fourth-order valence-corrected chi connectivity index (χ4v) is 5.26. The SMILES string of the molecule is CN(C1CC1)S(=O)(=O)c1ccc(-c2cnc(N)c(-c3ccc4c(=O)[nH]ccc4c3)c2)cc1. The topological polar surface area (TPSA) is 109 Å². The number of nitrogens with two attached hydrogens (primary N) is 1. The van der Waals surface area contributed by atoms with Gasteiger partial charge in [0.1, 0.15) is 5.82 Å². The van der Waals surface area contributed by atoms with Crippen molar-refractivity contribution in [1.82, 2.24) is 14.3 Å². The van der Waals surface area contributed by atoms with Crippen LogP contribution in [0, 0.1) is 0 Å². The number of nitrogens with one attached hydrogen (secondary N) is 1. The molecule has 0 aliphatic heterocycles. The summed E-state index contributed by atoms with van der Waals surface area (Å²) < 4.78 is 27.0. The summed E-state index contributed by atoms with van der Waals surface area (Å²) in [7, 11) is -1.85. The highest BCUT2D eigenvalue weighted by Gasteiger charge is 2.34. The van der Waals surface area contributed by atoms with Gasteiger partial charge in [-0.25, -0.2) is 13.4 Å². The third kappa shape index (κ3) is 3.57. The third-order valence-corrected chi connectivity index (χ3v) is 7.85. The molecule has 0 saturated heterocycles. The Morgan fingerprint density at radius 1 is 1.00 bits per heavy atom. The monoisotopic (exact) mass is 446 g/mol. The normalized spacial score (nSPS) is 14.2. The van der Waals surface area contributed by atoms with Crippen LogP contribution in [0.4, 0.5) is 5.82 Å². The summed E-state index contributed by atoms with van der Waals surface area (Å²) in [6, 6.07) is 16.2. The fourth-order valence-electron chi connectivity index (χ4n) is 3.84. The number of anilines is 1. The Labute approximate surface area is 185 Å². The van der Waals surface area contributed by atoms with Crippen molar-refractivity contribution in [3.8, 4) is 22.3 Å². The van der Waals surface area contributed by atoms with E-state index in [0.717, 1.165) is 40.5 Å². The Balaban J connectivity index is 1.51. The van der Waals surface area contributed by atoms with Crippen molar-refractivity contribution >= 4 is 26.6 Å². The number of rotatable bonds is 5. The number of nitrogens with zero attached hydrogens (tertiary/aromatic N) is 2. The first-order valence-corrected chi connectivity index (χ1v) is 11.7. The molecule has 1 aliphatic carbocycles. The van der Waals surface area contributed by atoms with Gasteiger partial charge in [0.05, 0.1) is 4.90 Å². The van der Waals surface area contributed by atoms with E-state index in [2.05, 4.69) is 9.97 Å². The molecule has 0 radical (unpaired) electrons. The van der Waals surface area contributed by atoms with E-state index in [-0.39, 0.29) is 16.5 Å². The van der Waals surface area contributed by atoms with E-state index in [0.29, 0.717) is 11.2 Å². The molecule has 4 aromatic rings. The van der Waals surface area contributed by atoms with Crippen molar-refractivity contribution < 1.29 is 8.42 Å². The summed E-state index contributed by atoms with van der Waals surface area (Å²) in [4.78, 5) is 19.3. The number of hydrogen-bond acceptors (Lipinski definition) is 5. The first-order chi connectivity index (χ1) is 15.3. The molecule has 0 spiro atoms. The third-order valence-electron chi connectivity index (χ3n) is 5.93. The summed E-state index contributed by atoms with van der Waals surface area (Å²) in [5.41, 5.74) is 9.26. The number of benzene rings is 2. The van der Waals surface area contributed by atoms with Gasteiger partial charge in [0.15, 0.2) is 0 Å². The number of nitrogen functional groups attached to an aromatic ring is 1. The van der Waals surface area contributed by atoms with E-state index in [1.165, 1.54) is 4.31 Å². The predicted molar refractivity (Wildman–Crippen MR) is 126 cm³/mol. The van der Waals surface area contributed by atoms with Crippen LogP contribution in [0.3, 0.4) is 0 Å². The molecule has 0 atom stereocenters. The molecule has 2 aromatic carbocycles. The molecule has 3 N–H and O–H groups in total. The maximum atomic E-state index is 12.7. The number of aromatic nitrogens is 2. The Morgan fingerprint density at radius 2 is 1.72 bits per heavy atom. The summed E-state index contributed by atoms with van der Waals surface area (Å²) in [6.07, 6.45) is 5.11.